The standard InChI is InChI=1S/C19H26ClN3O3.ClH/c1-26-16-8-2-6-14(20)17(16)19(25)23-10-4-5-13(12-23)11-22-18(24)15-7-3-9-21-15;/h2,6,8,13,15,21H,3-5,7,9-12H2,1H3,(H,22,24);1H. The molecule has 0 aromatic heterocycles. The maximum absolute atomic E-state index is 13.0. The van der Waals surface area contributed by atoms with E-state index in [-0.39, 0.29) is 36.2 Å². The lowest BCUT2D eigenvalue weighted by Gasteiger charge is -2.33. The molecule has 1 aromatic carbocycles. The summed E-state index contributed by atoms with van der Waals surface area (Å²) in [5.74, 6) is 0.705. The van der Waals surface area contributed by atoms with Gasteiger partial charge < -0.3 is 20.3 Å². The van der Waals surface area contributed by atoms with Crippen molar-refractivity contribution in [3.05, 3.63) is 28.8 Å². The molecular formula is C19H27Cl2N3O3. The average molecular weight is 416 g/mol. The number of ether oxygens (including phenoxy) is 1. The van der Waals surface area contributed by atoms with E-state index < -0.39 is 0 Å². The quantitative estimate of drug-likeness (QED) is 0.774. The summed E-state index contributed by atoms with van der Waals surface area (Å²) in [6.45, 7) is 2.82. The number of halogens is 2. The lowest BCUT2D eigenvalue weighted by atomic mass is 9.97. The summed E-state index contributed by atoms with van der Waals surface area (Å²) < 4.78 is 5.30. The number of hydrogen-bond acceptors (Lipinski definition) is 4. The topological polar surface area (TPSA) is 70.7 Å². The van der Waals surface area contributed by atoms with Gasteiger partial charge in [0.15, 0.2) is 0 Å². The lowest BCUT2D eigenvalue weighted by Crippen LogP contribution is -2.46. The highest BCUT2D eigenvalue weighted by Crippen LogP contribution is 2.29. The van der Waals surface area contributed by atoms with Gasteiger partial charge in [0.1, 0.15) is 11.3 Å². The molecule has 0 bridgehead atoms. The zero-order valence-corrected chi connectivity index (χ0v) is 17.1. The van der Waals surface area contributed by atoms with Crippen LogP contribution in [0.2, 0.25) is 5.02 Å². The van der Waals surface area contributed by atoms with Gasteiger partial charge >= 0.3 is 0 Å². The van der Waals surface area contributed by atoms with E-state index in [1.807, 2.05) is 4.90 Å². The molecule has 2 amide bonds. The lowest BCUT2D eigenvalue weighted by molar-refractivity contribution is -0.123. The van der Waals surface area contributed by atoms with Crippen LogP contribution in [0.1, 0.15) is 36.0 Å². The molecule has 2 N–H and O–H groups in total. The Labute approximate surface area is 171 Å². The summed E-state index contributed by atoms with van der Waals surface area (Å²) in [4.78, 5) is 26.9. The molecule has 0 aliphatic carbocycles. The van der Waals surface area contributed by atoms with Crippen molar-refractivity contribution in [3.8, 4) is 5.75 Å². The molecule has 6 nitrogen and oxygen atoms in total. The Hall–Kier alpha value is -1.50. The molecule has 0 spiro atoms. The van der Waals surface area contributed by atoms with Crippen molar-refractivity contribution in [2.75, 3.05) is 33.3 Å². The van der Waals surface area contributed by atoms with Crippen LogP contribution in [0, 0.1) is 5.92 Å². The van der Waals surface area contributed by atoms with Crippen molar-refractivity contribution >= 4 is 35.8 Å². The largest absolute Gasteiger partial charge is 0.496 e. The summed E-state index contributed by atoms with van der Waals surface area (Å²) >= 11 is 6.24. The predicted molar refractivity (Wildman–Crippen MR) is 108 cm³/mol. The Balaban J connectivity index is 0.00000261. The number of nitrogens with one attached hydrogen (secondary N) is 2. The number of piperidine rings is 1. The first-order valence-electron chi connectivity index (χ1n) is 9.23. The van der Waals surface area contributed by atoms with Gasteiger partial charge in [0.2, 0.25) is 5.91 Å². The van der Waals surface area contributed by atoms with Crippen molar-refractivity contribution in [1.29, 1.82) is 0 Å². The van der Waals surface area contributed by atoms with Crippen LogP contribution in [-0.2, 0) is 4.79 Å². The molecule has 27 heavy (non-hydrogen) atoms. The SMILES string of the molecule is COc1cccc(Cl)c1C(=O)N1CCCC(CNC(=O)C2CCCN2)C1.Cl. The summed E-state index contributed by atoms with van der Waals surface area (Å²) in [5, 5.41) is 6.64. The first kappa shape index (κ1) is 21.8. The maximum Gasteiger partial charge on any atom is 0.259 e. The van der Waals surface area contributed by atoms with Gasteiger partial charge in [0.25, 0.3) is 5.91 Å². The molecule has 1 aromatic rings. The second kappa shape index (κ2) is 10.2. The summed E-state index contributed by atoms with van der Waals surface area (Å²) in [6.07, 6.45) is 3.86. The fraction of sp³-hybridized carbons (Fsp3) is 0.579. The maximum atomic E-state index is 13.0. The summed E-state index contributed by atoms with van der Waals surface area (Å²) in [5.41, 5.74) is 0.413. The number of hydrogen-bond donors (Lipinski definition) is 2. The molecule has 150 valence electrons. The van der Waals surface area contributed by atoms with Gasteiger partial charge in [0.05, 0.1) is 18.2 Å². The van der Waals surface area contributed by atoms with Crippen molar-refractivity contribution in [2.45, 2.75) is 31.7 Å². The highest BCUT2D eigenvalue weighted by molar-refractivity contribution is 6.34. The van der Waals surface area contributed by atoms with E-state index in [4.69, 9.17) is 16.3 Å². The minimum Gasteiger partial charge on any atom is -0.496 e. The molecule has 8 heteroatoms. The Bertz CT molecular complexity index is 666. The molecule has 2 atom stereocenters. The highest BCUT2D eigenvalue weighted by Gasteiger charge is 2.29. The predicted octanol–water partition coefficient (Wildman–Crippen LogP) is 2.49. The van der Waals surface area contributed by atoms with Gasteiger partial charge in [-0.25, -0.2) is 0 Å². The number of methoxy groups -OCH3 is 1. The Kier molecular flexibility index (Phi) is 8.20. The van der Waals surface area contributed by atoms with Crippen molar-refractivity contribution in [3.63, 3.8) is 0 Å². The Morgan fingerprint density at radius 3 is 2.85 bits per heavy atom. The minimum absolute atomic E-state index is 0. The molecule has 2 aliphatic rings. The Morgan fingerprint density at radius 1 is 1.33 bits per heavy atom. The Morgan fingerprint density at radius 2 is 2.15 bits per heavy atom. The second-order valence-corrected chi connectivity index (χ2v) is 7.38. The summed E-state index contributed by atoms with van der Waals surface area (Å²) in [7, 11) is 1.54. The third kappa shape index (κ3) is 5.27. The van der Waals surface area contributed by atoms with Crippen molar-refractivity contribution < 1.29 is 14.3 Å². The number of likely N-dealkylation sites (tertiary alicyclic amines) is 1. The van der Waals surface area contributed by atoms with Crippen LogP contribution < -0.4 is 15.4 Å². The molecule has 0 radical (unpaired) electrons. The third-order valence-corrected chi connectivity index (χ3v) is 5.47. The van der Waals surface area contributed by atoms with E-state index in [0.717, 1.165) is 32.2 Å². The van der Waals surface area contributed by atoms with Gasteiger partial charge in [0, 0.05) is 19.6 Å². The zero-order chi connectivity index (χ0) is 18.5. The number of carbonyl (C=O) groups is 2. The second-order valence-electron chi connectivity index (χ2n) is 6.97. The van der Waals surface area contributed by atoms with E-state index >= 15 is 0 Å². The van der Waals surface area contributed by atoms with Crippen LogP contribution in [0.5, 0.6) is 5.75 Å². The van der Waals surface area contributed by atoms with Gasteiger partial charge in [-0.15, -0.1) is 12.4 Å². The number of amides is 2. The molecular weight excluding hydrogens is 389 g/mol. The number of benzene rings is 1. The van der Waals surface area contributed by atoms with Crippen molar-refractivity contribution in [1.82, 2.24) is 15.5 Å². The van der Waals surface area contributed by atoms with Crippen LogP contribution in [-0.4, -0.2) is 56.0 Å². The number of rotatable bonds is 5. The van der Waals surface area contributed by atoms with Crippen LogP contribution in [0.25, 0.3) is 0 Å². The molecule has 2 fully saturated rings. The number of carbonyl (C=O) groups excluding carboxylic acids is 2. The highest BCUT2D eigenvalue weighted by atomic mass is 35.5. The van der Waals surface area contributed by atoms with Gasteiger partial charge in [-0.1, -0.05) is 17.7 Å². The number of nitrogens with zero attached hydrogens (tertiary/aromatic N) is 1. The molecule has 2 aliphatic heterocycles. The molecule has 2 saturated heterocycles. The monoisotopic (exact) mass is 415 g/mol. The van der Waals surface area contributed by atoms with E-state index in [9.17, 15) is 9.59 Å². The fourth-order valence-electron chi connectivity index (χ4n) is 3.73. The van der Waals surface area contributed by atoms with Gasteiger partial charge in [-0.2, -0.15) is 0 Å². The first-order chi connectivity index (χ1) is 12.6. The normalized spacial score (nSPS) is 22.1. The van der Waals surface area contributed by atoms with E-state index in [1.54, 1.807) is 18.2 Å². The average Bonchev–Trinajstić information content (AvgIpc) is 3.20. The van der Waals surface area contributed by atoms with Crippen LogP contribution in [0.3, 0.4) is 0 Å². The van der Waals surface area contributed by atoms with E-state index in [1.165, 1.54) is 7.11 Å². The molecule has 2 unspecified atom stereocenters. The smallest absolute Gasteiger partial charge is 0.259 e. The summed E-state index contributed by atoms with van der Waals surface area (Å²) in [6, 6.07) is 5.15. The van der Waals surface area contributed by atoms with E-state index in [0.29, 0.717) is 36.0 Å². The van der Waals surface area contributed by atoms with Crippen molar-refractivity contribution in [2.24, 2.45) is 5.92 Å². The third-order valence-electron chi connectivity index (χ3n) is 5.16. The van der Waals surface area contributed by atoms with Gasteiger partial charge in [-0.3, -0.25) is 9.59 Å². The zero-order valence-electron chi connectivity index (χ0n) is 15.5. The first-order valence-corrected chi connectivity index (χ1v) is 9.61. The van der Waals surface area contributed by atoms with Crippen LogP contribution >= 0.6 is 24.0 Å². The molecule has 2 heterocycles. The van der Waals surface area contributed by atoms with Crippen LogP contribution in [0.15, 0.2) is 18.2 Å². The molecule has 0 saturated carbocycles. The van der Waals surface area contributed by atoms with Gasteiger partial charge in [-0.05, 0) is 50.3 Å². The molecule has 3 rings (SSSR count). The van der Waals surface area contributed by atoms with E-state index in [2.05, 4.69) is 10.6 Å². The minimum atomic E-state index is -0.110. The van der Waals surface area contributed by atoms with Crippen LogP contribution in [0.4, 0.5) is 0 Å². The fourth-order valence-corrected chi connectivity index (χ4v) is 3.98.